The monoisotopic (exact) mass is 379 g/mol. The van der Waals surface area contributed by atoms with E-state index in [0.29, 0.717) is 23.1 Å². The first-order valence-electron chi connectivity index (χ1n) is 9.65. The van der Waals surface area contributed by atoms with Crippen LogP contribution in [-0.4, -0.2) is 51.6 Å². The van der Waals surface area contributed by atoms with E-state index < -0.39 is 6.17 Å². The molecule has 0 saturated carbocycles. The smallest absolute Gasteiger partial charge is 0.151 e. The summed E-state index contributed by atoms with van der Waals surface area (Å²) in [7, 11) is 1.88. The van der Waals surface area contributed by atoms with E-state index in [1.807, 2.05) is 42.3 Å². The molecule has 144 valence electrons. The maximum Gasteiger partial charge on any atom is 0.151 e. The van der Waals surface area contributed by atoms with Crippen molar-refractivity contribution in [3.05, 3.63) is 42.6 Å². The van der Waals surface area contributed by atoms with Crippen LogP contribution in [0.25, 0.3) is 22.2 Å². The fourth-order valence-electron chi connectivity index (χ4n) is 4.49. The summed E-state index contributed by atoms with van der Waals surface area (Å²) in [4.78, 5) is 6.15. The predicted octanol–water partition coefficient (Wildman–Crippen LogP) is 3.06. The maximum atomic E-state index is 14.8. The number of alkyl halides is 1. The fraction of sp³-hybridized carbons (Fsp3) is 0.381. The second kappa shape index (κ2) is 6.67. The van der Waals surface area contributed by atoms with Crippen molar-refractivity contribution in [2.75, 3.05) is 11.9 Å². The van der Waals surface area contributed by atoms with Crippen LogP contribution in [0.4, 0.5) is 10.2 Å². The number of hydrogen-bond donors (Lipinski definition) is 2. The molecule has 2 aliphatic heterocycles. The summed E-state index contributed by atoms with van der Waals surface area (Å²) >= 11 is 0. The number of anilines is 1. The average Bonchev–Trinajstić information content (AvgIpc) is 3.13. The molecule has 6 nitrogen and oxygen atoms in total. The standard InChI is InChI=1S/C21H22FN5O/c1-27(18-10-13-4-5-16(24-13)21(18)22)20-7-6-15(25-26-20)14-9-12-3-2-8-23-17(12)11-19(14)28/h2-3,6-9,11,13,16,18,21,24,28H,4-5,10H2,1H3/t13?,16?,18-,21+/m0/s1. The van der Waals surface area contributed by atoms with Crippen LogP contribution < -0.4 is 10.2 Å². The Labute approximate surface area is 162 Å². The van der Waals surface area contributed by atoms with Crippen molar-refractivity contribution >= 4 is 16.7 Å². The lowest BCUT2D eigenvalue weighted by Crippen LogP contribution is -2.55. The van der Waals surface area contributed by atoms with Gasteiger partial charge < -0.3 is 15.3 Å². The Morgan fingerprint density at radius 2 is 2.07 bits per heavy atom. The summed E-state index contributed by atoms with van der Waals surface area (Å²) in [5, 5.41) is 23.3. The van der Waals surface area contributed by atoms with Gasteiger partial charge in [0.05, 0.1) is 17.3 Å². The lowest BCUT2D eigenvalue weighted by molar-refractivity contribution is 0.176. The van der Waals surface area contributed by atoms with Crippen molar-refractivity contribution in [2.45, 2.75) is 43.6 Å². The molecule has 0 amide bonds. The van der Waals surface area contributed by atoms with Gasteiger partial charge in [0.25, 0.3) is 0 Å². The summed E-state index contributed by atoms with van der Waals surface area (Å²) in [5.74, 6) is 0.750. The molecule has 2 N–H and O–H groups in total. The van der Waals surface area contributed by atoms with E-state index >= 15 is 0 Å². The highest BCUT2D eigenvalue weighted by Gasteiger charge is 2.43. The lowest BCUT2D eigenvalue weighted by Gasteiger charge is -2.38. The number of nitrogens with zero attached hydrogens (tertiary/aromatic N) is 4. The van der Waals surface area contributed by atoms with E-state index in [4.69, 9.17) is 0 Å². The van der Waals surface area contributed by atoms with Gasteiger partial charge in [0.1, 0.15) is 11.9 Å². The Kier molecular flexibility index (Phi) is 4.12. The number of rotatable bonds is 3. The molecule has 7 heteroatoms. The zero-order chi connectivity index (χ0) is 19.3. The number of benzene rings is 1. The molecule has 2 aliphatic rings. The Hall–Kier alpha value is -2.80. The highest BCUT2D eigenvalue weighted by atomic mass is 19.1. The number of fused-ring (bicyclic) bond motifs is 3. The van der Waals surface area contributed by atoms with E-state index in [1.54, 1.807) is 12.3 Å². The third kappa shape index (κ3) is 2.86. The van der Waals surface area contributed by atoms with Crippen molar-refractivity contribution < 1.29 is 9.50 Å². The summed E-state index contributed by atoms with van der Waals surface area (Å²) in [5.41, 5.74) is 1.90. The molecule has 0 radical (unpaired) electrons. The molecule has 2 saturated heterocycles. The Morgan fingerprint density at radius 1 is 1.18 bits per heavy atom. The van der Waals surface area contributed by atoms with Crippen LogP contribution >= 0.6 is 0 Å². The molecule has 2 unspecified atom stereocenters. The fourth-order valence-corrected chi connectivity index (χ4v) is 4.49. The number of hydrogen-bond acceptors (Lipinski definition) is 6. The van der Waals surface area contributed by atoms with E-state index in [9.17, 15) is 9.50 Å². The minimum Gasteiger partial charge on any atom is -0.507 e. The van der Waals surface area contributed by atoms with Crippen molar-refractivity contribution in [1.82, 2.24) is 20.5 Å². The van der Waals surface area contributed by atoms with Crippen LogP contribution in [0.15, 0.2) is 42.6 Å². The van der Waals surface area contributed by atoms with Crippen LogP contribution in [0.5, 0.6) is 5.75 Å². The second-order valence-corrected chi connectivity index (χ2v) is 7.75. The molecular weight excluding hydrogens is 357 g/mol. The Balaban J connectivity index is 1.42. The number of halogens is 1. The van der Waals surface area contributed by atoms with Crippen LogP contribution in [0.3, 0.4) is 0 Å². The van der Waals surface area contributed by atoms with Crippen LogP contribution in [-0.2, 0) is 0 Å². The third-order valence-electron chi connectivity index (χ3n) is 6.06. The average molecular weight is 379 g/mol. The third-order valence-corrected chi connectivity index (χ3v) is 6.06. The van der Waals surface area contributed by atoms with Gasteiger partial charge in [0, 0.05) is 42.3 Å². The van der Waals surface area contributed by atoms with Crippen LogP contribution in [0, 0.1) is 0 Å². The summed E-state index contributed by atoms with van der Waals surface area (Å²) in [6, 6.07) is 11.1. The minimum atomic E-state index is -0.915. The van der Waals surface area contributed by atoms with Crippen molar-refractivity contribution in [3.8, 4) is 17.0 Å². The van der Waals surface area contributed by atoms with Crippen molar-refractivity contribution in [3.63, 3.8) is 0 Å². The number of phenolic OH excluding ortho intramolecular Hbond substituents is 1. The van der Waals surface area contributed by atoms with Gasteiger partial charge in [-0.25, -0.2) is 4.39 Å². The van der Waals surface area contributed by atoms with E-state index in [2.05, 4.69) is 20.5 Å². The summed E-state index contributed by atoms with van der Waals surface area (Å²) in [6.45, 7) is 0. The molecule has 1 aromatic carbocycles. The molecular formula is C21H22FN5O. The van der Waals surface area contributed by atoms with Gasteiger partial charge in [0.2, 0.25) is 0 Å². The molecule has 4 atom stereocenters. The number of piperidine rings is 1. The second-order valence-electron chi connectivity index (χ2n) is 7.75. The Morgan fingerprint density at radius 3 is 2.89 bits per heavy atom. The molecule has 0 spiro atoms. The molecule has 5 rings (SSSR count). The van der Waals surface area contributed by atoms with Crippen LogP contribution in [0.1, 0.15) is 19.3 Å². The molecule has 28 heavy (non-hydrogen) atoms. The number of phenols is 1. The SMILES string of the molecule is CN(c1ccc(-c2cc3cccnc3cc2O)nn1)[C@H]1CC2CCC(N2)[C@H]1F. The Bertz CT molecular complexity index is 1010. The first-order valence-corrected chi connectivity index (χ1v) is 9.65. The first-order chi connectivity index (χ1) is 13.6. The first kappa shape index (κ1) is 17.3. The molecule has 2 fully saturated rings. The zero-order valence-electron chi connectivity index (χ0n) is 15.6. The van der Waals surface area contributed by atoms with Crippen molar-refractivity contribution in [2.24, 2.45) is 0 Å². The number of pyridine rings is 1. The van der Waals surface area contributed by atoms with Gasteiger partial charge in [-0.05, 0) is 43.5 Å². The molecule has 2 aromatic heterocycles. The van der Waals surface area contributed by atoms with Gasteiger partial charge >= 0.3 is 0 Å². The number of aromatic nitrogens is 3. The normalized spacial score (nSPS) is 26.5. The maximum absolute atomic E-state index is 14.8. The van der Waals surface area contributed by atoms with Gasteiger partial charge in [-0.2, -0.15) is 0 Å². The highest BCUT2D eigenvalue weighted by molar-refractivity contribution is 5.87. The quantitative estimate of drug-likeness (QED) is 0.729. The van der Waals surface area contributed by atoms with Gasteiger partial charge in [-0.3, -0.25) is 4.98 Å². The predicted molar refractivity (Wildman–Crippen MR) is 106 cm³/mol. The number of nitrogens with one attached hydrogen (secondary N) is 1. The van der Waals surface area contributed by atoms with Gasteiger partial charge in [-0.1, -0.05) is 6.07 Å². The summed E-state index contributed by atoms with van der Waals surface area (Å²) in [6.07, 6.45) is 3.49. The van der Waals surface area contributed by atoms with Crippen LogP contribution in [0.2, 0.25) is 0 Å². The van der Waals surface area contributed by atoms with E-state index in [1.165, 1.54) is 0 Å². The molecule has 4 heterocycles. The molecule has 0 aliphatic carbocycles. The topological polar surface area (TPSA) is 74.2 Å². The van der Waals surface area contributed by atoms with Gasteiger partial charge in [0.15, 0.2) is 5.82 Å². The molecule has 3 aromatic rings. The zero-order valence-corrected chi connectivity index (χ0v) is 15.6. The lowest BCUT2D eigenvalue weighted by atomic mass is 9.96. The molecule has 2 bridgehead atoms. The summed E-state index contributed by atoms with van der Waals surface area (Å²) < 4.78 is 14.8. The van der Waals surface area contributed by atoms with Crippen molar-refractivity contribution in [1.29, 1.82) is 0 Å². The number of aromatic hydroxyl groups is 1. The largest absolute Gasteiger partial charge is 0.507 e. The van der Waals surface area contributed by atoms with E-state index in [0.717, 1.165) is 30.2 Å². The van der Waals surface area contributed by atoms with Gasteiger partial charge in [-0.15, -0.1) is 10.2 Å². The highest BCUT2D eigenvalue weighted by Crippen LogP contribution is 2.34. The van der Waals surface area contributed by atoms with E-state index in [-0.39, 0.29) is 17.8 Å². The minimum absolute atomic E-state index is 0.0541.